The molecule has 1 aliphatic rings. The van der Waals surface area contributed by atoms with E-state index in [0.717, 1.165) is 15.8 Å². The van der Waals surface area contributed by atoms with E-state index < -0.39 is 0 Å². The Morgan fingerprint density at radius 2 is 2.07 bits per heavy atom. The topological polar surface area (TPSA) is 27.7 Å². The predicted molar refractivity (Wildman–Crippen MR) is 55.3 cm³/mol. The molecule has 1 heterocycles. The lowest BCUT2D eigenvalue weighted by Gasteiger charge is -2.15. The van der Waals surface area contributed by atoms with E-state index in [0.29, 0.717) is 13.2 Å². The highest BCUT2D eigenvalue weighted by molar-refractivity contribution is 9.10. The van der Waals surface area contributed by atoms with Crippen LogP contribution in [0, 0.1) is 0 Å². The summed E-state index contributed by atoms with van der Waals surface area (Å²) in [7, 11) is 1.64. The van der Waals surface area contributed by atoms with E-state index in [1.165, 1.54) is 0 Å². The maximum Gasteiger partial charge on any atom is 0.188 e. The summed E-state index contributed by atoms with van der Waals surface area (Å²) >= 11 is 3.46. The quantitative estimate of drug-likeness (QED) is 0.816. The van der Waals surface area contributed by atoms with Gasteiger partial charge in [-0.05, 0) is 12.1 Å². The SMILES string of the molecule is COc1cccc(Br)c1C1OCCO1. The lowest BCUT2D eigenvalue weighted by atomic mass is 10.2. The standard InChI is InChI=1S/C10H11BrO3/c1-12-8-4-2-3-7(11)9(8)10-13-5-6-14-10/h2-4,10H,5-6H2,1H3. The first-order valence-corrected chi connectivity index (χ1v) is 5.18. The summed E-state index contributed by atoms with van der Waals surface area (Å²) in [6.45, 7) is 1.27. The maximum absolute atomic E-state index is 5.43. The third kappa shape index (κ3) is 1.78. The molecule has 0 amide bonds. The van der Waals surface area contributed by atoms with E-state index >= 15 is 0 Å². The van der Waals surface area contributed by atoms with Crippen molar-refractivity contribution in [1.29, 1.82) is 0 Å². The Morgan fingerprint density at radius 1 is 1.36 bits per heavy atom. The average molecular weight is 259 g/mol. The molecule has 0 atom stereocenters. The smallest absolute Gasteiger partial charge is 0.188 e. The minimum Gasteiger partial charge on any atom is -0.496 e. The van der Waals surface area contributed by atoms with Gasteiger partial charge in [0.05, 0.1) is 25.9 Å². The molecular formula is C10H11BrO3. The number of rotatable bonds is 2. The van der Waals surface area contributed by atoms with Gasteiger partial charge in [-0.15, -0.1) is 0 Å². The zero-order valence-electron chi connectivity index (χ0n) is 7.83. The fourth-order valence-electron chi connectivity index (χ4n) is 1.45. The van der Waals surface area contributed by atoms with E-state index in [4.69, 9.17) is 14.2 Å². The van der Waals surface area contributed by atoms with Gasteiger partial charge >= 0.3 is 0 Å². The van der Waals surface area contributed by atoms with Gasteiger partial charge in [0, 0.05) is 4.47 Å². The fourth-order valence-corrected chi connectivity index (χ4v) is 1.98. The van der Waals surface area contributed by atoms with Crippen LogP contribution in [0.4, 0.5) is 0 Å². The summed E-state index contributed by atoms with van der Waals surface area (Å²) in [4.78, 5) is 0. The van der Waals surface area contributed by atoms with Crippen LogP contribution in [0.2, 0.25) is 0 Å². The number of hydrogen-bond acceptors (Lipinski definition) is 3. The van der Waals surface area contributed by atoms with Crippen molar-refractivity contribution >= 4 is 15.9 Å². The highest BCUT2D eigenvalue weighted by atomic mass is 79.9. The van der Waals surface area contributed by atoms with Gasteiger partial charge in [0.15, 0.2) is 6.29 Å². The molecule has 0 unspecified atom stereocenters. The Bertz CT molecular complexity index is 321. The minimum atomic E-state index is -0.305. The molecule has 1 saturated heterocycles. The average Bonchev–Trinajstić information content (AvgIpc) is 2.70. The molecule has 0 N–H and O–H groups in total. The summed E-state index contributed by atoms with van der Waals surface area (Å²) in [5, 5.41) is 0. The molecule has 3 nitrogen and oxygen atoms in total. The first-order valence-electron chi connectivity index (χ1n) is 4.38. The van der Waals surface area contributed by atoms with Crippen molar-refractivity contribution in [2.24, 2.45) is 0 Å². The van der Waals surface area contributed by atoms with Crippen LogP contribution in [0.15, 0.2) is 22.7 Å². The molecule has 2 rings (SSSR count). The van der Waals surface area contributed by atoms with Gasteiger partial charge < -0.3 is 14.2 Å². The van der Waals surface area contributed by atoms with Crippen LogP contribution >= 0.6 is 15.9 Å². The van der Waals surface area contributed by atoms with Gasteiger partial charge in [0.1, 0.15) is 5.75 Å². The van der Waals surface area contributed by atoms with Gasteiger partial charge in [0.25, 0.3) is 0 Å². The molecule has 1 aromatic carbocycles. The van der Waals surface area contributed by atoms with E-state index in [1.54, 1.807) is 7.11 Å². The third-order valence-corrected chi connectivity index (χ3v) is 2.78. The second-order valence-electron chi connectivity index (χ2n) is 2.93. The van der Waals surface area contributed by atoms with Crippen LogP contribution in [0.3, 0.4) is 0 Å². The number of halogens is 1. The van der Waals surface area contributed by atoms with Gasteiger partial charge in [-0.3, -0.25) is 0 Å². The van der Waals surface area contributed by atoms with Crippen LogP contribution in [0.1, 0.15) is 11.9 Å². The van der Waals surface area contributed by atoms with E-state index in [9.17, 15) is 0 Å². The molecule has 0 bridgehead atoms. The summed E-state index contributed by atoms with van der Waals surface area (Å²) in [6, 6.07) is 5.76. The Balaban J connectivity index is 2.37. The zero-order chi connectivity index (χ0) is 9.97. The number of ether oxygens (including phenoxy) is 3. The Labute approximate surface area is 91.1 Å². The second kappa shape index (κ2) is 4.29. The van der Waals surface area contributed by atoms with Crippen LogP contribution < -0.4 is 4.74 Å². The third-order valence-electron chi connectivity index (χ3n) is 2.09. The predicted octanol–water partition coefficient (Wildman–Crippen LogP) is 2.50. The monoisotopic (exact) mass is 258 g/mol. The molecule has 1 aliphatic heterocycles. The van der Waals surface area contributed by atoms with Gasteiger partial charge in [-0.2, -0.15) is 0 Å². The molecule has 0 spiro atoms. The zero-order valence-corrected chi connectivity index (χ0v) is 9.41. The maximum atomic E-state index is 5.43. The lowest BCUT2D eigenvalue weighted by Crippen LogP contribution is -2.02. The molecule has 1 aromatic rings. The molecule has 0 aliphatic carbocycles. The van der Waals surface area contributed by atoms with Crippen molar-refractivity contribution < 1.29 is 14.2 Å². The van der Waals surface area contributed by atoms with Gasteiger partial charge in [0.2, 0.25) is 0 Å². The largest absolute Gasteiger partial charge is 0.496 e. The Kier molecular flexibility index (Phi) is 3.05. The van der Waals surface area contributed by atoms with Crippen molar-refractivity contribution in [1.82, 2.24) is 0 Å². The van der Waals surface area contributed by atoms with Crippen molar-refractivity contribution in [3.05, 3.63) is 28.2 Å². The molecule has 0 saturated carbocycles. The number of hydrogen-bond donors (Lipinski definition) is 0. The Morgan fingerprint density at radius 3 is 2.71 bits per heavy atom. The van der Waals surface area contributed by atoms with Crippen molar-refractivity contribution in [3.63, 3.8) is 0 Å². The Hall–Kier alpha value is -0.580. The second-order valence-corrected chi connectivity index (χ2v) is 3.78. The van der Waals surface area contributed by atoms with Gasteiger partial charge in [-0.25, -0.2) is 0 Å². The highest BCUT2D eigenvalue weighted by Gasteiger charge is 2.24. The molecular weight excluding hydrogens is 248 g/mol. The van der Waals surface area contributed by atoms with Crippen molar-refractivity contribution in [2.45, 2.75) is 6.29 Å². The van der Waals surface area contributed by atoms with E-state index in [2.05, 4.69) is 15.9 Å². The summed E-state index contributed by atoms with van der Waals surface area (Å²) in [5.41, 5.74) is 0.924. The first-order chi connectivity index (χ1) is 6.83. The number of benzene rings is 1. The summed E-state index contributed by atoms with van der Waals surface area (Å²) in [6.07, 6.45) is -0.305. The van der Waals surface area contributed by atoms with Crippen LogP contribution in [0.25, 0.3) is 0 Å². The molecule has 76 valence electrons. The minimum absolute atomic E-state index is 0.305. The normalized spacial score (nSPS) is 17.3. The highest BCUT2D eigenvalue weighted by Crippen LogP contribution is 2.36. The van der Waals surface area contributed by atoms with Crippen molar-refractivity contribution in [3.8, 4) is 5.75 Å². The van der Waals surface area contributed by atoms with Crippen molar-refractivity contribution in [2.75, 3.05) is 20.3 Å². The van der Waals surface area contributed by atoms with E-state index in [-0.39, 0.29) is 6.29 Å². The fraction of sp³-hybridized carbons (Fsp3) is 0.400. The first kappa shape index (κ1) is 9.96. The number of methoxy groups -OCH3 is 1. The molecule has 14 heavy (non-hydrogen) atoms. The van der Waals surface area contributed by atoms with Gasteiger partial charge in [-0.1, -0.05) is 22.0 Å². The van der Waals surface area contributed by atoms with Crippen LogP contribution in [0.5, 0.6) is 5.75 Å². The van der Waals surface area contributed by atoms with E-state index in [1.807, 2.05) is 18.2 Å². The molecule has 1 fully saturated rings. The lowest BCUT2D eigenvalue weighted by molar-refractivity contribution is -0.0460. The van der Waals surface area contributed by atoms with Crippen LogP contribution in [-0.2, 0) is 9.47 Å². The molecule has 0 aromatic heterocycles. The van der Waals surface area contributed by atoms with Crippen LogP contribution in [-0.4, -0.2) is 20.3 Å². The molecule has 0 radical (unpaired) electrons. The summed E-state index contributed by atoms with van der Waals surface area (Å²) < 4.78 is 17.1. The molecule has 4 heteroatoms. The summed E-state index contributed by atoms with van der Waals surface area (Å²) in [5.74, 6) is 0.784.